The molecule has 1 aliphatic heterocycles. The number of anilines is 1. The van der Waals surface area contributed by atoms with E-state index in [4.69, 9.17) is 4.84 Å². The summed E-state index contributed by atoms with van der Waals surface area (Å²) in [6.45, 7) is 0.852. The summed E-state index contributed by atoms with van der Waals surface area (Å²) in [5.41, 5.74) is 2.94. The second-order valence-electron chi connectivity index (χ2n) is 4.38. The van der Waals surface area contributed by atoms with Crippen LogP contribution in [-0.2, 0) is 18.0 Å². The second-order valence-corrected chi connectivity index (χ2v) is 4.38. The molecule has 4 nitrogen and oxygen atoms in total. The highest BCUT2D eigenvalue weighted by Gasteiger charge is 2.22. The molecular weight excluding hydrogens is 240 g/mol. The highest BCUT2D eigenvalue weighted by Crippen LogP contribution is 2.23. The van der Waals surface area contributed by atoms with Gasteiger partial charge < -0.3 is 5.32 Å². The van der Waals surface area contributed by atoms with Crippen LogP contribution in [0.4, 0.5) is 10.5 Å². The Bertz CT molecular complexity index is 584. The van der Waals surface area contributed by atoms with Crippen LogP contribution in [0.1, 0.15) is 11.1 Å². The monoisotopic (exact) mass is 254 g/mol. The van der Waals surface area contributed by atoms with E-state index in [9.17, 15) is 4.79 Å². The first-order chi connectivity index (χ1) is 9.33. The van der Waals surface area contributed by atoms with Gasteiger partial charge in [0.05, 0.1) is 6.54 Å². The van der Waals surface area contributed by atoms with Gasteiger partial charge in [0.25, 0.3) is 0 Å². The minimum absolute atomic E-state index is 0.227. The number of hydrogen-bond acceptors (Lipinski definition) is 2. The maximum Gasteiger partial charge on any atom is 0.346 e. The van der Waals surface area contributed by atoms with Crippen LogP contribution in [0.5, 0.6) is 0 Å². The van der Waals surface area contributed by atoms with E-state index < -0.39 is 0 Å². The van der Waals surface area contributed by atoms with E-state index in [-0.39, 0.29) is 6.03 Å². The van der Waals surface area contributed by atoms with Crippen molar-refractivity contribution in [2.24, 2.45) is 0 Å². The fraction of sp³-hybridized carbons (Fsp3) is 0.133. The molecule has 0 saturated heterocycles. The molecule has 0 spiro atoms. The predicted molar refractivity (Wildman–Crippen MR) is 72.2 cm³/mol. The molecule has 0 aliphatic carbocycles. The number of para-hydroxylation sites is 1. The van der Waals surface area contributed by atoms with Crippen molar-refractivity contribution >= 4 is 11.7 Å². The van der Waals surface area contributed by atoms with E-state index in [1.165, 1.54) is 5.06 Å². The Hall–Kier alpha value is -2.33. The summed E-state index contributed by atoms with van der Waals surface area (Å²) in [7, 11) is 0. The molecule has 0 unspecified atom stereocenters. The summed E-state index contributed by atoms with van der Waals surface area (Å²) in [6, 6.07) is 17.3. The third-order valence-corrected chi connectivity index (χ3v) is 3.03. The van der Waals surface area contributed by atoms with Gasteiger partial charge >= 0.3 is 6.03 Å². The maximum absolute atomic E-state index is 11.9. The first kappa shape index (κ1) is 11.7. The zero-order valence-electron chi connectivity index (χ0n) is 10.4. The molecule has 2 amide bonds. The summed E-state index contributed by atoms with van der Waals surface area (Å²) in [4.78, 5) is 17.4. The van der Waals surface area contributed by atoms with Crippen LogP contribution in [0.25, 0.3) is 0 Å². The number of nitrogens with one attached hydrogen (secondary N) is 1. The molecule has 1 heterocycles. The Balaban J connectivity index is 1.68. The molecular formula is C15H14N2O2. The van der Waals surface area contributed by atoms with Crippen molar-refractivity contribution in [3.8, 4) is 0 Å². The molecule has 3 rings (SSSR count). The standard InChI is InChI=1S/C15H14N2O2/c18-15-16-14-9-5-4-8-13(14)10-17(15)19-11-12-6-2-1-3-7-12/h1-9H,10-11H2,(H,16,18). The van der Waals surface area contributed by atoms with Gasteiger partial charge in [0.1, 0.15) is 6.61 Å². The quantitative estimate of drug-likeness (QED) is 0.914. The molecule has 0 bridgehead atoms. The van der Waals surface area contributed by atoms with Crippen molar-refractivity contribution in [1.29, 1.82) is 0 Å². The van der Waals surface area contributed by atoms with Gasteiger partial charge in [0.15, 0.2) is 0 Å². The average molecular weight is 254 g/mol. The molecule has 4 heteroatoms. The molecule has 2 aromatic carbocycles. The summed E-state index contributed by atoms with van der Waals surface area (Å²) >= 11 is 0. The van der Waals surface area contributed by atoms with Gasteiger partial charge in [-0.1, -0.05) is 48.5 Å². The van der Waals surface area contributed by atoms with Crippen LogP contribution in [-0.4, -0.2) is 11.1 Å². The fourth-order valence-corrected chi connectivity index (χ4v) is 2.02. The molecule has 0 saturated carbocycles. The van der Waals surface area contributed by atoms with E-state index in [2.05, 4.69) is 5.32 Å². The van der Waals surface area contributed by atoms with Crippen molar-refractivity contribution in [3.05, 3.63) is 65.7 Å². The van der Waals surface area contributed by atoms with Crippen molar-refractivity contribution in [2.75, 3.05) is 5.32 Å². The lowest BCUT2D eigenvalue weighted by Crippen LogP contribution is -2.38. The number of carbonyl (C=O) groups excluding carboxylic acids is 1. The van der Waals surface area contributed by atoms with E-state index in [1.807, 2.05) is 54.6 Å². The van der Waals surface area contributed by atoms with Gasteiger partial charge in [-0.15, -0.1) is 0 Å². The Morgan fingerprint density at radius 3 is 2.63 bits per heavy atom. The van der Waals surface area contributed by atoms with Crippen molar-refractivity contribution < 1.29 is 9.63 Å². The summed E-state index contributed by atoms with van der Waals surface area (Å²) < 4.78 is 0. The zero-order chi connectivity index (χ0) is 13.1. The van der Waals surface area contributed by atoms with Gasteiger partial charge in [-0.25, -0.2) is 4.79 Å². The highest BCUT2D eigenvalue weighted by atomic mass is 16.7. The van der Waals surface area contributed by atoms with E-state index in [0.717, 1.165) is 16.8 Å². The lowest BCUT2D eigenvalue weighted by Gasteiger charge is -2.28. The van der Waals surface area contributed by atoms with Crippen LogP contribution < -0.4 is 5.32 Å². The third-order valence-electron chi connectivity index (χ3n) is 3.03. The van der Waals surface area contributed by atoms with Crippen LogP contribution in [0.3, 0.4) is 0 Å². The molecule has 96 valence electrons. The molecule has 0 aromatic heterocycles. The molecule has 1 aliphatic rings. The van der Waals surface area contributed by atoms with E-state index in [1.54, 1.807) is 0 Å². The molecule has 2 aromatic rings. The minimum atomic E-state index is -0.227. The van der Waals surface area contributed by atoms with Gasteiger partial charge in [-0.05, 0) is 17.2 Å². The third kappa shape index (κ3) is 2.58. The summed E-state index contributed by atoms with van der Waals surface area (Å²) in [5, 5.41) is 4.16. The van der Waals surface area contributed by atoms with Crippen molar-refractivity contribution in [3.63, 3.8) is 0 Å². The van der Waals surface area contributed by atoms with Gasteiger partial charge in [-0.3, -0.25) is 4.84 Å². The van der Waals surface area contributed by atoms with Crippen LogP contribution >= 0.6 is 0 Å². The number of carbonyl (C=O) groups is 1. The average Bonchev–Trinajstić information content (AvgIpc) is 2.46. The van der Waals surface area contributed by atoms with E-state index in [0.29, 0.717) is 13.2 Å². The Morgan fingerprint density at radius 1 is 1.05 bits per heavy atom. The first-order valence-corrected chi connectivity index (χ1v) is 6.16. The summed E-state index contributed by atoms with van der Waals surface area (Å²) in [5.74, 6) is 0. The largest absolute Gasteiger partial charge is 0.346 e. The van der Waals surface area contributed by atoms with Crippen LogP contribution in [0.2, 0.25) is 0 Å². The van der Waals surface area contributed by atoms with Crippen molar-refractivity contribution in [1.82, 2.24) is 5.06 Å². The number of urea groups is 1. The number of hydroxylamine groups is 2. The van der Waals surface area contributed by atoms with E-state index >= 15 is 0 Å². The highest BCUT2D eigenvalue weighted by molar-refractivity contribution is 5.91. The summed E-state index contributed by atoms with van der Waals surface area (Å²) in [6.07, 6.45) is 0. The lowest BCUT2D eigenvalue weighted by atomic mass is 10.1. The minimum Gasteiger partial charge on any atom is -0.306 e. The van der Waals surface area contributed by atoms with Crippen LogP contribution in [0, 0.1) is 0 Å². The number of fused-ring (bicyclic) bond motifs is 1. The van der Waals surface area contributed by atoms with Gasteiger partial charge in [0.2, 0.25) is 0 Å². The topological polar surface area (TPSA) is 41.6 Å². The fourth-order valence-electron chi connectivity index (χ4n) is 2.02. The molecule has 0 fully saturated rings. The lowest BCUT2D eigenvalue weighted by molar-refractivity contribution is -0.132. The van der Waals surface area contributed by atoms with Crippen molar-refractivity contribution in [2.45, 2.75) is 13.2 Å². The molecule has 19 heavy (non-hydrogen) atoms. The Labute approximate surface area is 111 Å². The number of nitrogens with zero attached hydrogens (tertiary/aromatic N) is 1. The molecule has 0 radical (unpaired) electrons. The maximum atomic E-state index is 11.9. The molecule has 0 atom stereocenters. The molecule has 1 N–H and O–H groups in total. The number of amides is 2. The normalized spacial score (nSPS) is 13.9. The Morgan fingerprint density at radius 2 is 1.79 bits per heavy atom. The second kappa shape index (κ2) is 5.12. The first-order valence-electron chi connectivity index (χ1n) is 6.16. The smallest absolute Gasteiger partial charge is 0.306 e. The number of hydrogen-bond donors (Lipinski definition) is 1. The number of rotatable bonds is 3. The number of benzene rings is 2. The van der Waals surface area contributed by atoms with Gasteiger partial charge in [-0.2, -0.15) is 5.06 Å². The SMILES string of the molecule is O=C1Nc2ccccc2CN1OCc1ccccc1. The van der Waals surface area contributed by atoms with Gasteiger partial charge in [0, 0.05) is 5.69 Å². The predicted octanol–water partition coefficient (Wildman–Crippen LogP) is 3.17. The Kier molecular flexibility index (Phi) is 3.16. The van der Waals surface area contributed by atoms with Crippen LogP contribution in [0.15, 0.2) is 54.6 Å². The zero-order valence-corrected chi connectivity index (χ0v) is 10.4.